The van der Waals surface area contributed by atoms with Crippen molar-refractivity contribution in [1.82, 2.24) is 10.2 Å². The number of hydrogen-bond donors (Lipinski definition) is 1. The van der Waals surface area contributed by atoms with Gasteiger partial charge in [0.15, 0.2) is 0 Å². The van der Waals surface area contributed by atoms with E-state index in [1.807, 2.05) is 4.90 Å². The van der Waals surface area contributed by atoms with E-state index in [0.717, 1.165) is 18.2 Å². The molecule has 0 radical (unpaired) electrons. The molecule has 1 aliphatic heterocycles. The quantitative estimate of drug-likeness (QED) is 0.712. The van der Waals surface area contributed by atoms with E-state index >= 15 is 0 Å². The third-order valence-electron chi connectivity index (χ3n) is 3.99. The van der Waals surface area contributed by atoms with Gasteiger partial charge in [0.25, 0.3) is 0 Å². The van der Waals surface area contributed by atoms with Crippen LogP contribution >= 0.6 is 35.3 Å². The number of hydrogen-bond acceptors (Lipinski definition) is 3. The Morgan fingerprint density at radius 1 is 1.12 bits per heavy atom. The molecule has 9 heteroatoms. The maximum atomic E-state index is 13.8. The van der Waals surface area contributed by atoms with Crippen molar-refractivity contribution in [2.75, 3.05) is 26.2 Å². The average molecular weight is 415 g/mol. The molecule has 1 atom stereocenters. The molecule has 0 spiro atoms. The smallest absolute Gasteiger partial charge is 0.314 e. The lowest BCUT2D eigenvalue weighted by molar-refractivity contribution is -0.138. The highest BCUT2D eigenvalue weighted by atomic mass is 35.5. The Balaban J connectivity index is 0.00000225. The minimum absolute atomic E-state index is 0. The molecule has 0 saturated carbocycles. The zero-order valence-electron chi connectivity index (χ0n) is 12.9. The van der Waals surface area contributed by atoms with Gasteiger partial charge >= 0.3 is 6.18 Å². The first kappa shape index (κ1) is 20.5. The summed E-state index contributed by atoms with van der Waals surface area (Å²) in [7, 11) is 0. The molecule has 1 saturated heterocycles. The van der Waals surface area contributed by atoms with E-state index in [4.69, 9.17) is 11.6 Å². The first-order valence-electron chi connectivity index (χ1n) is 7.43. The van der Waals surface area contributed by atoms with Gasteiger partial charge in [-0.15, -0.1) is 23.7 Å². The van der Waals surface area contributed by atoms with Gasteiger partial charge in [-0.05, 0) is 35.9 Å². The molecule has 1 aromatic carbocycles. The number of alkyl halides is 3. The number of halogens is 6. The van der Waals surface area contributed by atoms with Crippen LogP contribution in [0.25, 0.3) is 0 Å². The predicted octanol–water partition coefficient (Wildman–Crippen LogP) is 4.98. The van der Waals surface area contributed by atoms with Gasteiger partial charge in [-0.1, -0.05) is 11.6 Å². The Labute approximate surface area is 158 Å². The third kappa shape index (κ3) is 4.65. The van der Waals surface area contributed by atoms with Crippen LogP contribution in [0, 0.1) is 5.82 Å². The van der Waals surface area contributed by atoms with E-state index < -0.39 is 23.6 Å². The highest BCUT2D eigenvalue weighted by molar-refractivity contribution is 7.16. The molecule has 2 heterocycles. The SMILES string of the molecule is Cl.Fc1ccc(C(F)(F)F)c([C@H](c2ccc(Cl)s2)N2CCNCC2)c1. The van der Waals surface area contributed by atoms with Crippen molar-refractivity contribution in [3.05, 3.63) is 56.5 Å². The third-order valence-corrected chi connectivity index (χ3v) is 5.28. The molecule has 25 heavy (non-hydrogen) atoms. The van der Waals surface area contributed by atoms with Crippen LogP contribution in [0.3, 0.4) is 0 Å². The van der Waals surface area contributed by atoms with Gasteiger partial charge in [-0.2, -0.15) is 13.2 Å². The molecule has 2 nitrogen and oxygen atoms in total. The first-order chi connectivity index (χ1) is 11.4. The standard InChI is InChI=1S/C16H15ClF4N2S.ClH/c17-14-4-3-13(24-14)15(23-7-5-22-6-8-23)11-9-10(18)1-2-12(11)16(19,20)21;/h1-4,9,15,22H,5-8H2;1H/t15-;/m1./s1. The fourth-order valence-corrected chi connectivity index (χ4v) is 4.18. The number of nitrogens with zero attached hydrogens (tertiary/aromatic N) is 1. The van der Waals surface area contributed by atoms with Crippen LogP contribution in [0.5, 0.6) is 0 Å². The molecule has 0 bridgehead atoms. The summed E-state index contributed by atoms with van der Waals surface area (Å²) in [6, 6.07) is 5.35. The van der Waals surface area contributed by atoms with Crippen molar-refractivity contribution >= 4 is 35.3 Å². The van der Waals surface area contributed by atoms with Crippen molar-refractivity contribution in [1.29, 1.82) is 0 Å². The second-order valence-electron chi connectivity index (χ2n) is 5.56. The summed E-state index contributed by atoms with van der Waals surface area (Å²) in [6.45, 7) is 2.50. The first-order valence-corrected chi connectivity index (χ1v) is 8.62. The normalized spacial score (nSPS) is 17.2. The Morgan fingerprint density at radius 3 is 2.36 bits per heavy atom. The second-order valence-corrected chi connectivity index (χ2v) is 7.31. The largest absolute Gasteiger partial charge is 0.416 e. The van der Waals surface area contributed by atoms with Gasteiger partial charge in [-0.25, -0.2) is 4.39 Å². The Bertz CT molecular complexity index is 714. The molecule has 3 rings (SSSR count). The number of piperazine rings is 1. The minimum Gasteiger partial charge on any atom is -0.314 e. The van der Waals surface area contributed by atoms with Crippen molar-refractivity contribution < 1.29 is 17.6 Å². The van der Waals surface area contributed by atoms with Crippen LogP contribution in [0.2, 0.25) is 4.34 Å². The molecular formula is C16H16Cl2F4N2S. The lowest BCUT2D eigenvalue weighted by atomic mass is 9.96. The molecule has 1 aromatic heterocycles. The summed E-state index contributed by atoms with van der Waals surface area (Å²) in [6.07, 6.45) is -4.55. The van der Waals surface area contributed by atoms with Gasteiger partial charge in [-0.3, -0.25) is 4.90 Å². The lowest BCUT2D eigenvalue weighted by Gasteiger charge is -2.35. The maximum Gasteiger partial charge on any atom is 0.416 e. The number of rotatable bonds is 3. The van der Waals surface area contributed by atoms with Gasteiger partial charge in [0.1, 0.15) is 5.82 Å². The number of thiophene rings is 1. The molecule has 0 amide bonds. The van der Waals surface area contributed by atoms with Crippen LogP contribution in [0.15, 0.2) is 30.3 Å². The van der Waals surface area contributed by atoms with Gasteiger partial charge in [0, 0.05) is 31.1 Å². The molecule has 0 aliphatic carbocycles. The minimum atomic E-state index is -4.55. The van der Waals surface area contributed by atoms with E-state index in [2.05, 4.69) is 5.32 Å². The maximum absolute atomic E-state index is 13.8. The van der Waals surface area contributed by atoms with Crippen molar-refractivity contribution in [3.63, 3.8) is 0 Å². The fraction of sp³-hybridized carbons (Fsp3) is 0.375. The Kier molecular flexibility index (Phi) is 6.73. The number of nitrogens with one attached hydrogen (secondary N) is 1. The van der Waals surface area contributed by atoms with Gasteiger partial charge in [0.05, 0.1) is 15.9 Å². The van der Waals surface area contributed by atoms with Gasteiger partial charge < -0.3 is 5.32 Å². The van der Waals surface area contributed by atoms with Crippen LogP contribution < -0.4 is 5.32 Å². The summed E-state index contributed by atoms with van der Waals surface area (Å²) in [4.78, 5) is 2.61. The number of benzene rings is 1. The van der Waals surface area contributed by atoms with Gasteiger partial charge in [0.2, 0.25) is 0 Å². The van der Waals surface area contributed by atoms with Crippen LogP contribution in [-0.2, 0) is 6.18 Å². The summed E-state index contributed by atoms with van der Waals surface area (Å²) in [5.41, 5.74) is -0.875. The molecule has 0 unspecified atom stereocenters. The molecule has 1 fully saturated rings. The Morgan fingerprint density at radius 2 is 1.80 bits per heavy atom. The summed E-state index contributed by atoms with van der Waals surface area (Å²) in [5, 5.41) is 3.17. The molecule has 1 aliphatic rings. The predicted molar refractivity (Wildman–Crippen MR) is 94.3 cm³/mol. The van der Waals surface area contributed by atoms with Crippen LogP contribution in [0.1, 0.15) is 22.0 Å². The second kappa shape index (κ2) is 8.22. The van der Waals surface area contributed by atoms with E-state index in [-0.39, 0.29) is 18.0 Å². The highest BCUT2D eigenvalue weighted by Crippen LogP contribution is 2.41. The fourth-order valence-electron chi connectivity index (χ4n) is 2.96. The molecule has 1 N–H and O–H groups in total. The lowest BCUT2D eigenvalue weighted by Crippen LogP contribution is -2.45. The zero-order chi connectivity index (χ0) is 17.3. The van der Waals surface area contributed by atoms with E-state index in [9.17, 15) is 17.6 Å². The van der Waals surface area contributed by atoms with E-state index in [0.29, 0.717) is 35.4 Å². The van der Waals surface area contributed by atoms with Crippen molar-refractivity contribution in [2.45, 2.75) is 12.2 Å². The molecule has 2 aromatic rings. The van der Waals surface area contributed by atoms with Crippen LogP contribution in [-0.4, -0.2) is 31.1 Å². The van der Waals surface area contributed by atoms with Crippen molar-refractivity contribution in [2.24, 2.45) is 0 Å². The monoisotopic (exact) mass is 414 g/mol. The summed E-state index contributed by atoms with van der Waals surface area (Å²) < 4.78 is 54.6. The summed E-state index contributed by atoms with van der Waals surface area (Å²) in [5.74, 6) is -0.680. The average Bonchev–Trinajstić information content (AvgIpc) is 2.94. The molecular weight excluding hydrogens is 399 g/mol. The van der Waals surface area contributed by atoms with Crippen molar-refractivity contribution in [3.8, 4) is 0 Å². The topological polar surface area (TPSA) is 15.3 Å². The van der Waals surface area contributed by atoms with E-state index in [1.54, 1.807) is 12.1 Å². The zero-order valence-corrected chi connectivity index (χ0v) is 15.3. The van der Waals surface area contributed by atoms with Crippen LogP contribution in [0.4, 0.5) is 17.6 Å². The van der Waals surface area contributed by atoms with E-state index in [1.165, 1.54) is 11.3 Å². The highest BCUT2D eigenvalue weighted by Gasteiger charge is 2.38. The summed E-state index contributed by atoms with van der Waals surface area (Å²) >= 11 is 7.21. The Hall–Kier alpha value is -0.860. The molecule has 138 valence electrons.